The van der Waals surface area contributed by atoms with E-state index in [1.165, 1.54) is 0 Å². The fourth-order valence-corrected chi connectivity index (χ4v) is 3.62. The molecule has 0 bridgehead atoms. The van der Waals surface area contributed by atoms with Gasteiger partial charge in [-0.3, -0.25) is 0 Å². The van der Waals surface area contributed by atoms with E-state index in [0.717, 1.165) is 31.5 Å². The summed E-state index contributed by atoms with van der Waals surface area (Å²) in [7, 11) is 1.68. The Labute approximate surface area is 106 Å². The molecule has 17 heavy (non-hydrogen) atoms. The van der Waals surface area contributed by atoms with E-state index >= 15 is 0 Å². The molecule has 2 aromatic heterocycles. The highest BCUT2D eigenvalue weighted by molar-refractivity contribution is 7.25. The second-order valence-corrected chi connectivity index (χ2v) is 5.51. The first-order valence-corrected chi connectivity index (χ1v) is 6.75. The minimum Gasteiger partial charge on any atom is -0.495 e. The summed E-state index contributed by atoms with van der Waals surface area (Å²) < 4.78 is 6.42. The molecule has 0 radical (unpaired) electrons. The number of methoxy groups -OCH3 is 1. The van der Waals surface area contributed by atoms with E-state index in [4.69, 9.17) is 10.5 Å². The molecule has 0 aliphatic rings. The van der Waals surface area contributed by atoms with Gasteiger partial charge in [0.2, 0.25) is 0 Å². The Bertz CT molecular complexity index is 672. The van der Waals surface area contributed by atoms with Crippen molar-refractivity contribution in [2.45, 2.75) is 0 Å². The number of hydrogen-bond donors (Lipinski definition) is 1. The Morgan fingerprint density at radius 1 is 1.29 bits per heavy atom. The molecule has 3 nitrogen and oxygen atoms in total. The minimum atomic E-state index is 0.769. The zero-order valence-corrected chi connectivity index (χ0v) is 10.8. The van der Waals surface area contributed by atoms with Gasteiger partial charge in [0.05, 0.1) is 17.3 Å². The maximum absolute atomic E-state index is 5.76. The quantitative estimate of drug-likeness (QED) is 0.718. The molecule has 2 heterocycles. The SMILES string of the molecule is COc1ccsc1-c1nc2ccc(N)cc2s1. The van der Waals surface area contributed by atoms with E-state index in [0.29, 0.717) is 0 Å². The predicted octanol–water partition coefficient (Wildman–Crippen LogP) is 3.62. The number of thiophene rings is 1. The predicted molar refractivity (Wildman–Crippen MR) is 73.9 cm³/mol. The van der Waals surface area contributed by atoms with Gasteiger partial charge in [0.25, 0.3) is 0 Å². The topological polar surface area (TPSA) is 48.1 Å². The third kappa shape index (κ3) is 1.77. The number of anilines is 1. The zero-order chi connectivity index (χ0) is 11.8. The maximum Gasteiger partial charge on any atom is 0.139 e. The average molecular weight is 262 g/mol. The van der Waals surface area contributed by atoms with Crippen LogP contribution in [0.2, 0.25) is 0 Å². The Morgan fingerprint density at radius 2 is 2.18 bits per heavy atom. The van der Waals surface area contributed by atoms with Gasteiger partial charge in [0.15, 0.2) is 0 Å². The highest BCUT2D eigenvalue weighted by atomic mass is 32.1. The summed E-state index contributed by atoms with van der Waals surface area (Å²) in [5, 5.41) is 2.99. The van der Waals surface area contributed by atoms with Crippen molar-refractivity contribution in [3.63, 3.8) is 0 Å². The number of nitrogen functional groups attached to an aromatic ring is 1. The molecule has 0 spiro atoms. The molecule has 0 aliphatic heterocycles. The molecule has 0 aliphatic carbocycles. The minimum absolute atomic E-state index is 0.769. The van der Waals surface area contributed by atoms with Gasteiger partial charge in [-0.15, -0.1) is 22.7 Å². The zero-order valence-electron chi connectivity index (χ0n) is 9.14. The highest BCUT2D eigenvalue weighted by Gasteiger charge is 2.12. The van der Waals surface area contributed by atoms with Crippen molar-refractivity contribution in [1.82, 2.24) is 4.98 Å². The Kier molecular flexibility index (Phi) is 2.49. The van der Waals surface area contributed by atoms with E-state index in [1.54, 1.807) is 29.8 Å². The lowest BCUT2D eigenvalue weighted by molar-refractivity contribution is 0.418. The van der Waals surface area contributed by atoms with Crippen LogP contribution >= 0.6 is 22.7 Å². The smallest absolute Gasteiger partial charge is 0.139 e. The summed E-state index contributed by atoms with van der Waals surface area (Å²) in [6, 6.07) is 7.74. The largest absolute Gasteiger partial charge is 0.495 e. The lowest BCUT2D eigenvalue weighted by atomic mass is 10.3. The third-order valence-electron chi connectivity index (χ3n) is 2.46. The average Bonchev–Trinajstić information content (AvgIpc) is 2.93. The molecular formula is C12H10N2OS2. The highest BCUT2D eigenvalue weighted by Crippen LogP contribution is 2.39. The van der Waals surface area contributed by atoms with E-state index in [2.05, 4.69) is 4.98 Å². The van der Waals surface area contributed by atoms with Crippen molar-refractivity contribution in [3.05, 3.63) is 29.6 Å². The molecule has 0 saturated heterocycles. The number of thiazole rings is 1. The molecule has 0 fully saturated rings. The number of rotatable bonds is 2. The van der Waals surface area contributed by atoms with Crippen molar-refractivity contribution in [3.8, 4) is 15.6 Å². The summed E-state index contributed by atoms with van der Waals surface area (Å²) in [5.74, 6) is 0.877. The monoisotopic (exact) mass is 262 g/mol. The lowest BCUT2D eigenvalue weighted by Crippen LogP contribution is -1.82. The van der Waals surface area contributed by atoms with Crippen molar-refractivity contribution in [2.75, 3.05) is 12.8 Å². The van der Waals surface area contributed by atoms with Crippen LogP contribution in [0, 0.1) is 0 Å². The Hall–Kier alpha value is -1.59. The lowest BCUT2D eigenvalue weighted by Gasteiger charge is -1.97. The van der Waals surface area contributed by atoms with Gasteiger partial charge >= 0.3 is 0 Å². The van der Waals surface area contributed by atoms with Gasteiger partial charge in [-0.2, -0.15) is 0 Å². The molecule has 3 aromatic rings. The third-order valence-corrected chi connectivity index (χ3v) is 4.52. The molecule has 0 saturated carbocycles. The number of fused-ring (bicyclic) bond motifs is 1. The fraction of sp³-hybridized carbons (Fsp3) is 0.0833. The van der Waals surface area contributed by atoms with E-state index in [9.17, 15) is 0 Å². The number of ether oxygens (including phenoxy) is 1. The number of nitrogens with zero attached hydrogens (tertiary/aromatic N) is 1. The van der Waals surface area contributed by atoms with Crippen LogP contribution in [0.1, 0.15) is 0 Å². The van der Waals surface area contributed by atoms with Gasteiger partial charge in [-0.05, 0) is 29.6 Å². The van der Waals surface area contributed by atoms with E-state index in [1.807, 2.05) is 29.6 Å². The molecule has 0 amide bonds. The molecule has 1 aromatic carbocycles. The molecule has 3 rings (SSSR count). The van der Waals surface area contributed by atoms with Crippen LogP contribution in [0.25, 0.3) is 20.1 Å². The van der Waals surface area contributed by atoms with Gasteiger partial charge in [-0.1, -0.05) is 0 Å². The standard InChI is InChI=1S/C12H10N2OS2/c1-15-9-4-5-16-11(9)12-14-8-3-2-7(13)6-10(8)17-12/h2-6H,13H2,1H3. The molecule has 0 unspecified atom stereocenters. The van der Waals surface area contributed by atoms with Crippen LogP contribution in [0.5, 0.6) is 5.75 Å². The van der Waals surface area contributed by atoms with Gasteiger partial charge in [0.1, 0.15) is 15.6 Å². The fourth-order valence-electron chi connectivity index (χ4n) is 1.65. The Balaban J connectivity index is 2.18. The van der Waals surface area contributed by atoms with Gasteiger partial charge in [-0.25, -0.2) is 4.98 Å². The maximum atomic E-state index is 5.76. The van der Waals surface area contributed by atoms with Crippen molar-refractivity contribution >= 4 is 38.6 Å². The first-order valence-electron chi connectivity index (χ1n) is 5.06. The molecule has 0 atom stereocenters. The normalized spacial score (nSPS) is 10.9. The summed E-state index contributed by atoms with van der Waals surface area (Å²) >= 11 is 3.28. The molecule has 5 heteroatoms. The summed E-state index contributed by atoms with van der Waals surface area (Å²) in [5.41, 5.74) is 7.52. The van der Waals surface area contributed by atoms with Crippen LogP contribution in [-0.4, -0.2) is 12.1 Å². The van der Waals surface area contributed by atoms with Crippen molar-refractivity contribution in [1.29, 1.82) is 0 Å². The number of benzene rings is 1. The van der Waals surface area contributed by atoms with Gasteiger partial charge < -0.3 is 10.5 Å². The second kappa shape index (κ2) is 4.01. The van der Waals surface area contributed by atoms with Crippen LogP contribution < -0.4 is 10.5 Å². The number of aromatic nitrogens is 1. The summed E-state index contributed by atoms with van der Waals surface area (Å²) in [6.07, 6.45) is 0. The Morgan fingerprint density at radius 3 is 3.00 bits per heavy atom. The molecular weight excluding hydrogens is 252 g/mol. The van der Waals surface area contributed by atoms with Crippen LogP contribution in [-0.2, 0) is 0 Å². The second-order valence-electron chi connectivity index (χ2n) is 3.56. The first-order chi connectivity index (χ1) is 8.28. The van der Waals surface area contributed by atoms with Crippen molar-refractivity contribution < 1.29 is 4.74 Å². The van der Waals surface area contributed by atoms with Crippen LogP contribution in [0.4, 0.5) is 5.69 Å². The van der Waals surface area contributed by atoms with E-state index < -0.39 is 0 Å². The summed E-state index contributed by atoms with van der Waals surface area (Å²) in [4.78, 5) is 5.67. The summed E-state index contributed by atoms with van der Waals surface area (Å²) in [6.45, 7) is 0. The number of nitrogens with two attached hydrogens (primary N) is 1. The van der Waals surface area contributed by atoms with Crippen LogP contribution in [0.15, 0.2) is 29.6 Å². The van der Waals surface area contributed by atoms with Gasteiger partial charge in [0, 0.05) is 5.69 Å². The van der Waals surface area contributed by atoms with E-state index in [-0.39, 0.29) is 0 Å². The first kappa shape index (κ1) is 10.6. The van der Waals surface area contributed by atoms with Crippen LogP contribution in [0.3, 0.4) is 0 Å². The molecule has 2 N–H and O–H groups in total. The van der Waals surface area contributed by atoms with Crippen molar-refractivity contribution in [2.24, 2.45) is 0 Å². The molecule has 86 valence electrons. The number of hydrogen-bond acceptors (Lipinski definition) is 5.